The maximum Gasteiger partial charge on any atom is 0.150 e. The van der Waals surface area contributed by atoms with Crippen molar-refractivity contribution in [3.8, 4) is 6.07 Å². The van der Waals surface area contributed by atoms with Gasteiger partial charge in [0.15, 0.2) is 0 Å². The standard InChI is InChI=1S/C13H19N5/c1-10-15-9-11(8-14)13(16-10)18-6-4-12(5-7-18)17(2)3/h9,12H,4-7H2,1-3H3. The zero-order valence-corrected chi connectivity index (χ0v) is 11.2. The minimum absolute atomic E-state index is 0.573. The molecule has 18 heavy (non-hydrogen) atoms. The first-order valence-electron chi connectivity index (χ1n) is 6.27. The third kappa shape index (κ3) is 2.59. The molecule has 1 aliphatic heterocycles. The van der Waals surface area contributed by atoms with Gasteiger partial charge in [-0.05, 0) is 33.9 Å². The quantitative estimate of drug-likeness (QED) is 0.783. The van der Waals surface area contributed by atoms with Gasteiger partial charge < -0.3 is 9.80 Å². The van der Waals surface area contributed by atoms with Crippen molar-refractivity contribution in [1.29, 1.82) is 5.26 Å². The zero-order chi connectivity index (χ0) is 13.1. The lowest BCUT2D eigenvalue weighted by Gasteiger charge is -2.36. The van der Waals surface area contributed by atoms with Gasteiger partial charge in [0.1, 0.15) is 23.3 Å². The summed E-state index contributed by atoms with van der Waals surface area (Å²) >= 11 is 0. The highest BCUT2D eigenvalue weighted by molar-refractivity contribution is 5.53. The van der Waals surface area contributed by atoms with Gasteiger partial charge in [-0.2, -0.15) is 5.26 Å². The van der Waals surface area contributed by atoms with Crippen LogP contribution < -0.4 is 4.90 Å². The van der Waals surface area contributed by atoms with Crippen molar-refractivity contribution in [1.82, 2.24) is 14.9 Å². The third-order valence-corrected chi connectivity index (χ3v) is 3.50. The van der Waals surface area contributed by atoms with Crippen molar-refractivity contribution < 1.29 is 0 Å². The van der Waals surface area contributed by atoms with E-state index in [-0.39, 0.29) is 0 Å². The number of nitrogens with zero attached hydrogens (tertiary/aromatic N) is 5. The van der Waals surface area contributed by atoms with Crippen molar-refractivity contribution in [2.45, 2.75) is 25.8 Å². The van der Waals surface area contributed by atoms with Crippen LogP contribution in [0.2, 0.25) is 0 Å². The first-order valence-corrected chi connectivity index (χ1v) is 6.27. The molecule has 0 atom stereocenters. The van der Waals surface area contributed by atoms with Gasteiger partial charge in [0.25, 0.3) is 0 Å². The first-order chi connectivity index (χ1) is 8.61. The summed E-state index contributed by atoms with van der Waals surface area (Å²) in [4.78, 5) is 13.0. The van der Waals surface area contributed by atoms with Crippen LogP contribution >= 0.6 is 0 Å². The number of nitriles is 1. The fourth-order valence-electron chi connectivity index (χ4n) is 2.37. The van der Waals surface area contributed by atoms with Gasteiger partial charge in [-0.1, -0.05) is 0 Å². The number of piperidine rings is 1. The second-order valence-electron chi connectivity index (χ2n) is 4.95. The van der Waals surface area contributed by atoms with Crippen molar-refractivity contribution in [2.75, 3.05) is 32.1 Å². The number of hydrogen-bond acceptors (Lipinski definition) is 5. The Hall–Kier alpha value is -1.67. The molecular weight excluding hydrogens is 226 g/mol. The summed E-state index contributed by atoms with van der Waals surface area (Å²) in [6.45, 7) is 3.76. The average Bonchev–Trinajstić information content (AvgIpc) is 2.39. The summed E-state index contributed by atoms with van der Waals surface area (Å²) in [6, 6.07) is 2.81. The van der Waals surface area contributed by atoms with Gasteiger partial charge in [-0.3, -0.25) is 0 Å². The topological polar surface area (TPSA) is 56.1 Å². The van der Waals surface area contributed by atoms with Crippen molar-refractivity contribution in [3.63, 3.8) is 0 Å². The predicted octanol–water partition coefficient (Wildman–Crippen LogP) is 1.19. The van der Waals surface area contributed by atoms with E-state index >= 15 is 0 Å². The van der Waals surface area contributed by atoms with E-state index in [1.807, 2.05) is 6.92 Å². The molecule has 1 fully saturated rings. The molecule has 0 aliphatic carbocycles. The minimum Gasteiger partial charge on any atom is -0.355 e. The summed E-state index contributed by atoms with van der Waals surface area (Å²) in [6.07, 6.45) is 3.84. The normalized spacial score (nSPS) is 16.9. The van der Waals surface area contributed by atoms with Crippen LogP contribution in [0.3, 0.4) is 0 Å². The monoisotopic (exact) mass is 245 g/mol. The second-order valence-corrected chi connectivity index (χ2v) is 4.95. The number of hydrogen-bond donors (Lipinski definition) is 0. The molecule has 1 aromatic heterocycles. The Balaban J connectivity index is 2.14. The van der Waals surface area contributed by atoms with Gasteiger partial charge in [-0.25, -0.2) is 9.97 Å². The predicted molar refractivity (Wildman–Crippen MR) is 70.4 cm³/mol. The molecule has 0 aromatic carbocycles. The highest BCUT2D eigenvalue weighted by Gasteiger charge is 2.23. The molecule has 0 radical (unpaired) electrons. The molecule has 1 saturated heterocycles. The van der Waals surface area contributed by atoms with E-state index in [1.54, 1.807) is 6.20 Å². The Morgan fingerprint density at radius 1 is 1.39 bits per heavy atom. The molecule has 0 spiro atoms. The van der Waals surface area contributed by atoms with E-state index < -0.39 is 0 Å². The van der Waals surface area contributed by atoms with Crippen LogP contribution in [0.4, 0.5) is 5.82 Å². The fraction of sp³-hybridized carbons (Fsp3) is 0.615. The molecule has 1 aromatic rings. The number of aromatic nitrogens is 2. The molecule has 2 heterocycles. The average molecular weight is 245 g/mol. The van der Waals surface area contributed by atoms with E-state index in [2.05, 4.69) is 39.9 Å². The SMILES string of the molecule is Cc1ncc(C#N)c(N2CCC(N(C)C)CC2)n1. The van der Waals surface area contributed by atoms with E-state index in [4.69, 9.17) is 5.26 Å². The van der Waals surface area contributed by atoms with Crippen LogP contribution in [0.15, 0.2) is 6.20 Å². The summed E-state index contributed by atoms with van der Waals surface area (Å²) in [5.41, 5.74) is 0.573. The number of aryl methyl sites for hydroxylation is 1. The summed E-state index contributed by atoms with van der Waals surface area (Å²) in [5, 5.41) is 9.12. The van der Waals surface area contributed by atoms with Gasteiger partial charge >= 0.3 is 0 Å². The lowest BCUT2D eigenvalue weighted by Crippen LogP contribution is -2.42. The highest BCUT2D eigenvalue weighted by Crippen LogP contribution is 2.22. The van der Waals surface area contributed by atoms with Crippen LogP contribution in [-0.2, 0) is 0 Å². The number of rotatable bonds is 2. The Kier molecular flexibility index (Phi) is 3.78. The van der Waals surface area contributed by atoms with Crippen LogP contribution in [0.25, 0.3) is 0 Å². The first kappa shape index (κ1) is 12.8. The molecule has 1 aliphatic rings. The molecule has 0 amide bonds. The summed E-state index contributed by atoms with van der Waals surface area (Å²) in [7, 11) is 4.24. The minimum atomic E-state index is 0.573. The van der Waals surface area contributed by atoms with Crippen LogP contribution in [0, 0.1) is 18.3 Å². The second kappa shape index (κ2) is 5.32. The van der Waals surface area contributed by atoms with Gasteiger partial charge in [-0.15, -0.1) is 0 Å². The fourth-order valence-corrected chi connectivity index (χ4v) is 2.37. The number of anilines is 1. The van der Waals surface area contributed by atoms with Crippen molar-refractivity contribution in [3.05, 3.63) is 17.6 Å². The smallest absolute Gasteiger partial charge is 0.150 e. The largest absolute Gasteiger partial charge is 0.355 e. The molecule has 0 N–H and O–H groups in total. The van der Waals surface area contributed by atoms with Crippen molar-refractivity contribution in [2.24, 2.45) is 0 Å². The van der Waals surface area contributed by atoms with E-state index in [1.165, 1.54) is 0 Å². The van der Waals surface area contributed by atoms with Crippen LogP contribution in [0.1, 0.15) is 24.2 Å². The van der Waals surface area contributed by atoms with Gasteiger partial charge in [0.05, 0.1) is 6.20 Å². The molecule has 96 valence electrons. The lowest BCUT2D eigenvalue weighted by atomic mass is 10.0. The zero-order valence-electron chi connectivity index (χ0n) is 11.2. The van der Waals surface area contributed by atoms with Crippen LogP contribution in [-0.4, -0.2) is 48.1 Å². The maximum atomic E-state index is 9.12. The van der Waals surface area contributed by atoms with Crippen LogP contribution in [0.5, 0.6) is 0 Å². The van der Waals surface area contributed by atoms with E-state index in [0.717, 1.165) is 37.6 Å². The Morgan fingerprint density at radius 3 is 2.61 bits per heavy atom. The molecule has 0 saturated carbocycles. The molecule has 2 rings (SSSR count). The molecule has 0 bridgehead atoms. The van der Waals surface area contributed by atoms with E-state index in [9.17, 15) is 0 Å². The summed E-state index contributed by atoms with van der Waals surface area (Å²) in [5.74, 6) is 1.51. The maximum absolute atomic E-state index is 9.12. The molecule has 5 nitrogen and oxygen atoms in total. The Bertz CT molecular complexity index is 455. The Morgan fingerprint density at radius 2 is 2.06 bits per heavy atom. The van der Waals surface area contributed by atoms with Crippen molar-refractivity contribution >= 4 is 5.82 Å². The van der Waals surface area contributed by atoms with E-state index in [0.29, 0.717) is 11.6 Å². The van der Waals surface area contributed by atoms with Gasteiger partial charge in [0, 0.05) is 19.1 Å². The highest BCUT2D eigenvalue weighted by atomic mass is 15.2. The molecular formula is C13H19N5. The third-order valence-electron chi connectivity index (χ3n) is 3.50. The van der Waals surface area contributed by atoms with Gasteiger partial charge in [0.2, 0.25) is 0 Å². The lowest BCUT2D eigenvalue weighted by molar-refractivity contribution is 0.249. The molecule has 5 heteroatoms. The molecule has 0 unspecified atom stereocenters. The Labute approximate surface area is 108 Å². The summed E-state index contributed by atoms with van der Waals surface area (Å²) < 4.78 is 0.